The maximum atomic E-state index is 12.2. The van der Waals surface area contributed by atoms with Crippen LogP contribution in [0.3, 0.4) is 0 Å². The molecule has 1 fully saturated rings. The minimum Gasteiger partial charge on any atom is -0.480 e. The molecule has 21 heavy (non-hydrogen) atoms. The third-order valence-electron chi connectivity index (χ3n) is 3.37. The second-order valence-electron chi connectivity index (χ2n) is 5.31. The van der Waals surface area contributed by atoms with Gasteiger partial charge in [-0.05, 0) is 20.3 Å². The van der Waals surface area contributed by atoms with Gasteiger partial charge in [-0.15, -0.1) is 0 Å². The molecule has 0 saturated carbocycles. The van der Waals surface area contributed by atoms with E-state index in [1.165, 1.54) is 4.90 Å². The Morgan fingerprint density at radius 3 is 2.62 bits per heavy atom. The van der Waals surface area contributed by atoms with Gasteiger partial charge in [-0.1, -0.05) is 0 Å². The first-order valence-electron chi connectivity index (χ1n) is 6.53. The highest BCUT2D eigenvalue weighted by Crippen LogP contribution is 2.17. The van der Waals surface area contributed by atoms with Crippen molar-refractivity contribution in [2.24, 2.45) is 5.73 Å². The maximum Gasteiger partial charge on any atom is 0.326 e. The number of aliphatic carboxylic acids is 1. The molecule has 1 aliphatic rings. The summed E-state index contributed by atoms with van der Waals surface area (Å²) in [5.74, 6) is -2.22. The fourth-order valence-electron chi connectivity index (χ4n) is 2.03. The molecule has 0 aliphatic carbocycles. The molecule has 1 saturated heterocycles. The van der Waals surface area contributed by atoms with E-state index in [9.17, 15) is 19.2 Å². The van der Waals surface area contributed by atoms with Crippen LogP contribution in [0.25, 0.3) is 0 Å². The van der Waals surface area contributed by atoms with Crippen molar-refractivity contribution in [3.8, 4) is 0 Å². The van der Waals surface area contributed by atoms with Gasteiger partial charge in [-0.2, -0.15) is 0 Å². The summed E-state index contributed by atoms with van der Waals surface area (Å²) in [7, 11) is 0. The number of urea groups is 1. The van der Waals surface area contributed by atoms with Crippen molar-refractivity contribution < 1.29 is 24.3 Å². The molecular weight excluding hydrogens is 280 g/mol. The smallest absolute Gasteiger partial charge is 0.326 e. The number of primary amides is 1. The largest absolute Gasteiger partial charge is 0.480 e. The highest BCUT2D eigenvalue weighted by Gasteiger charge is 2.41. The number of hydrogen-bond acceptors (Lipinski definition) is 4. The van der Waals surface area contributed by atoms with E-state index in [-0.39, 0.29) is 25.3 Å². The summed E-state index contributed by atoms with van der Waals surface area (Å²) < 4.78 is 0. The molecule has 0 spiro atoms. The number of nitrogens with two attached hydrogens (primary N) is 1. The highest BCUT2D eigenvalue weighted by atomic mass is 16.4. The number of carbonyl (C=O) groups is 4. The zero-order chi connectivity index (χ0) is 16.2. The summed E-state index contributed by atoms with van der Waals surface area (Å²) in [4.78, 5) is 47.0. The normalized spacial score (nSPS) is 18.6. The number of nitrogens with zero attached hydrogens (tertiary/aromatic N) is 1. The molecule has 9 heteroatoms. The monoisotopic (exact) mass is 300 g/mol. The van der Waals surface area contributed by atoms with Gasteiger partial charge in [-0.25, -0.2) is 9.59 Å². The van der Waals surface area contributed by atoms with Crippen LogP contribution in [0.5, 0.6) is 0 Å². The van der Waals surface area contributed by atoms with E-state index in [0.717, 1.165) is 0 Å². The minimum atomic E-state index is -1.26. The van der Waals surface area contributed by atoms with Gasteiger partial charge in [-0.3, -0.25) is 9.59 Å². The van der Waals surface area contributed by atoms with Crippen molar-refractivity contribution in [3.05, 3.63) is 0 Å². The number of rotatable bonds is 5. The number of nitrogens with one attached hydrogen (secondary N) is 2. The average Bonchev–Trinajstić information content (AvgIpc) is 2.36. The molecule has 0 radical (unpaired) electrons. The third kappa shape index (κ3) is 4.07. The lowest BCUT2D eigenvalue weighted by molar-refractivity contribution is -0.139. The molecule has 5 N–H and O–H groups in total. The van der Waals surface area contributed by atoms with E-state index in [2.05, 4.69) is 10.6 Å². The van der Waals surface area contributed by atoms with Gasteiger partial charge in [0, 0.05) is 19.5 Å². The Morgan fingerprint density at radius 1 is 1.48 bits per heavy atom. The standard InChI is InChI=1S/C12H20N4O5/c1-12(2)10(20)14-5-6-16(12)11(21)15-7(9(18)19)3-4-8(13)17/h7H,3-6H2,1-2H3,(H2,13,17)(H,14,20)(H,15,21)(H,18,19)/t7-/m1/s1. The lowest BCUT2D eigenvalue weighted by atomic mass is 9.99. The van der Waals surface area contributed by atoms with E-state index in [1.807, 2.05) is 0 Å². The Morgan fingerprint density at radius 2 is 2.10 bits per heavy atom. The second-order valence-corrected chi connectivity index (χ2v) is 5.31. The van der Waals surface area contributed by atoms with Gasteiger partial charge in [0.15, 0.2) is 0 Å². The fourth-order valence-corrected chi connectivity index (χ4v) is 2.03. The molecule has 118 valence electrons. The molecule has 9 nitrogen and oxygen atoms in total. The predicted molar refractivity (Wildman–Crippen MR) is 72.2 cm³/mol. The van der Waals surface area contributed by atoms with Gasteiger partial charge < -0.3 is 26.4 Å². The number of carboxylic acid groups (broad SMARTS) is 1. The van der Waals surface area contributed by atoms with Crippen LogP contribution >= 0.6 is 0 Å². The molecule has 1 aliphatic heterocycles. The van der Waals surface area contributed by atoms with E-state index in [1.54, 1.807) is 13.8 Å². The molecule has 1 rings (SSSR count). The molecular formula is C12H20N4O5. The minimum absolute atomic E-state index is 0.100. The van der Waals surface area contributed by atoms with Crippen LogP contribution in [0, 0.1) is 0 Å². The second kappa shape index (κ2) is 6.42. The number of amides is 4. The molecule has 1 atom stereocenters. The van der Waals surface area contributed by atoms with E-state index < -0.39 is 29.5 Å². The Balaban J connectivity index is 2.74. The zero-order valence-electron chi connectivity index (χ0n) is 12.0. The van der Waals surface area contributed by atoms with E-state index >= 15 is 0 Å². The predicted octanol–water partition coefficient (Wildman–Crippen LogP) is -1.37. The quantitative estimate of drug-likeness (QED) is 0.495. The van der Waals surface area contributed by atoms with Crippen molar-refractivity contribution in [2.75, 3.05) is 13.1 Å². The van der Waals surface area contributed by atoms with Crippen molar-refractivity contribution in [2.45, 2.75) is 38.3 Å². The van der Waals surface area contributed by atoms with Crippen LogP contribution in [0.2, 0.25) is 0 Å². The molecule has 0 aromatic heterocycles. The summed E-state index contributed by atoms with van der Waals surface area (Å²) in [5.41, 5.74) is 3.89. The Kier molecular flexibility index (Phi) is 5.12. The van der Waals surface area contributed by atoms with Crippen LogP contribution in [-0.2, 0) is 14.4 Å². The van der Waals surface area contributed by atoms with Crippen LogP contribution in [-0.4, -0.2) is 58.5 Å². The van der Waals surface area contributed by atoms with Crippen molar-refractivity contribution >= 4 is 23.8 Å². The first kappa shape index (κ1) is 16.7. The molecule has 0 aromatic rings. The van der Waals surface area contributed by atoms with Gasteiger partial charge >= 0.3 is 12.0 Å². The van der Waals surface area contributed by atoms with Crippen LogP contribution in [0.1, 0.15) is 26.7 Å². The summed E-state index contributed by atoms with van der Waals surface area (Å²) in [6.45, 7) is 3.71. The summed E-state index contributed by atoms with van der Waals surface area (Å²) >= 11 is 0. The van der Waals surface area contributed by atoms with Crippen LogP contribution < -0.4 is 16.4 Å². The van der Waals surface area contributed by atoms with E-state index in [0.29, 0.717) is 6.54 Å². The van der Waals surface area contributed by atoms with Crippen molar-refractivity contribution in [3.63, 3.8) is 0 Å². The Labute approximate surface area is 121 Å². The van der Waals surface area contributed by atoms with Crippen LogP contribution in [0.15, 0.2) is 0 Å². The van der Waals surface area contributed by atoms with Gasteiger partial charge in [0.1, 0.15) is 11.6 Å². The molecule has 1 heterocycles. The topological polar surface area (TPSA) is 142 Å². The van der Waals surface area contributed by atoms with Gasteiger partial charge in [0.05, 0.1) is 0 Å². The summed E-state index contributed by atoms with van der Waals surface area (Å²) in [5, 5.41) is 14.0. The fraction of sp³-hybridized carbons (Fsp3) is 0.667. The number of hydrogen-bond donors (Lipinski definition) is 4. The van der Waals surface area contributed by atoms with Crippen molar-refractivity contribution in [1.82, 2.24) is 15.5 Å². The molecule has 4 amide bonds. The third-order valence-corrected chi connectivity index (χ3v) is 3.37. The Bertz CT molecular complexity index is 463. The first-order valence-corrected chi connectivity index (χ1v) is 6.53. The highest BCUT2D eigenvalue weighted by molar-refractivity contribution is 5.92. The molecule has 0 unspecified atom stereocenters. The number of piperazine rings is 1. The zero-order valence-corrected chi connectivity index (χ0v) is 12.0. The Hall–Kier alpha value is -2.32. The summed E-state index contributed by atoms with van der Waals surface area (Å²) in [6, 6.07) is -1.89. The van der Waals surface area contributed by atoms with Crippen LogP contribution in [0.4, 0.5) is 4.79 Å². The van der Waals surface area contributed by atoms with Crippen molar-refractivity contribution in [1.29, 1.82) is 0 Å². The first-order chi connectivity index (χ1) is 9.66. The van der Waals surface area contributed by atoms with Gasteiger partial charge in [0.25, 0.3) is 0 Å². The number of carboxylic acids is 1. The number of carbonyl (C=O) groups excluding carboxylic acids is 3. The molecule has 0 bridgehead atoms. The van der Waals surface area contributed by atoms with Gasteiger partial charge in [0.2, 0.25) is 11.8 Å². The lowest BCUT2D eigenvalue weighted by Gasteiger charge is -2.41. The average molecular weight is 300 g/mol. The summed E-state index contributed by atoms with van der Waals surface area (Å²) in [6.07, 6.45) is -0.252. The lowest BCUT2D eigenvalue weighted by Crippen LogP contribution is -2.66. The van der Waals surface area contributed by atoms with E-state index in [4.69, 9.17) is 10.8 Å². The maximum absolute atomic E-state index is 12.2. The molecule has 0 aromatic carbocycles. The SMILES string of the molecule is CC1(C)C(=O)NCCN1C(=O)N[C@H](CCC(N)=O)C(=O)O.